The zero-order valence-electron chi connectivity index (χ0n) is 8.39. The van der Waals surface area contributed by atoms with Crippen LogP contribution in [-0.2, 0) is 0 Å². The molecule has 0 unspecified atom stereocenters. The van der Waals surface area contributed by atoms with E-state index in [0.717, 1.165) is 0 Å². The van der Waals surface area contributed by atoms with Crippen molar-refractivity contribution >= 4 is 10.9 Å². The first-order valence-corrected chi connectivity index (χ1v) is 4.76. The van der Waals surface area contributed by atoms with E-state index in [1.165, 1.54) is 22.0 Å². The van der Waals surface area contributed by atoms with Crippen molar-refractivity contribution in [3.63, 3.8) is 0 Å². The molecule has 0 aliphatic rings. The third-order valence-corrected chi connectivity index (χ3v) is 2.56. The van der Waals surface area contributed by atoms with Gasteiger partial charge >= 0.3 is 0 Å². The zero-order valence-corrected chi connectivity index (χ0v) is 8.39. The summed E-state index contributed by atoms with van der Waals surface area (Å²) >= 11 is 0. The number of aryl methyl sites for hydroxylation is 1. The van der Waals surface area contributed by atoms with Gasteiger partial charge < -0.3 is 4.98 Å². The summed E-state index contributed by atoms with van der Waals surface area (Å²) in [4.78, 5) is 3.28. The number of aromatic nitrogens is 1. The fourth-order valence-electron chi connectivity index (χ4n) is 1.87. The summed E-state index contributed by atoms with van der Waals surface area (Å²) in [7, 11) is 0. The van der Waals surface area contributed by atoms with E-state index < -0.39 is 0 Å². The molecule has 68 valence electrons. The first-order valence-electron chi connectivity index (χ1n) is 4.76. The van der Waals surface area contributed by atoms with Crippen LogP contribution in [0.5, 0.6) is 0 Å². The van der Waals surface area contributed by atoms with E-state index in [9.17, 15) is 0 Å². The molecule has 0 aliphatic carbocycles. The molecule has 0 fully saturated rings. The van der Waals surface area contributed by atoms with Crippen LogP contribution in [-0.4, -0.2) is 4.98 Å². The van der Waals surface area contributed by atoms with Crippen molar-refractivity contribution in [3.05, 3.63) is 35.5 Å². The van der Waals surface area contributed by atoms with Crippen molar-refractivity contribution in [2.45, 2.75) is 26.7 Å². The van der Waals surface area contributed by atoms with Gasteiger partial charge in [0.2, 0.25) is 0 Å². The maximum absolute atomic E-state index is 3.28. The van der Waals surface area contributed by atoms with Gasteiger partial charge in [0, 0.05) is 17.1 Å². The van der Waals surface area contributed by atoms with E-state index in [2.05, 4.69) is 50.2 Å². The Morgan fingerprint density at radius 1 is 1.23 bits per heavy atom. The normalized spacial score (nSPS) is 11.4. The van der Waals surface area contributed by atoms with Crippen molar-refractivity contribution in [1.29, 1.82) is 0 Å². The van der Waals surface area contributed by atoms with Gasteiger partial charge in [-0.15, -0.1) is 0 Å². The Hall–Kier alpha value is -1.24. The molecule has 1 N–H and O–H groups in total. The molecule has 1 heteroatoms. The summed E-state index contributed by atoms with van der Waals surface area (Å²) in [5, 5.41) is 1.40. The Morgan fingerprint density at radius 3 is 2.69 bits per heavy atom. The third-order valence-electron chi connectivity index (χ3n) is 2.56. The summed E-state index contributed by atoms with van der Waals surface area (Å²) in [5.74, 6) is 0.596. The molecule has 0 amide bonds. The first-order chi connectivity index (χ1) is 6.20. The molecule has 1 aromatic carbocycles. The Balaban J connectivity index is 2.80. The van der Waals surface area contributed by atoms with Crippen LogP contribution in [0.15, 0.2) is 24.4 Å². The molecule has 0 saturated heterocycles. The van der Waals surface area contributed by atoms with Gasteiger partial charge in [-0.3, -0.25) is 0 Å². The van der Waals surface area contributed by atoms with Crippen LogP contribution in [0.1, 0.15) is 30.9 Å². The van der Waals surface area contributed by atoms with Crippen LogP contribution in [0.2, 0.25) is 0 Å². The van der Waals surface area contributed by atoms with Crippen molar-refractivity contribution in [1.82, 2.24) is 4.98 Å². The second kappa shape index (κ2) is 2.91. The molecule has 0 saturated carbocycles. The summed E-state index contributed by atoms with van der Waals surface area (Å²) in [6, 6.07) is 6.47. The number of benzene rings is 1. The maximum Gasteiger partial charge on any atom is 0.0459 e. The quantitative estimate of drug-likeness (QED) is 0.678. The van der Waals surface area contributed by atoms with Gasteiger partial charge in [0.15, 0.2) is 0 Å². The summed E-state index contributed by atoms with van der Waals surface area (Å²) in [6.45, 7) is 6.63. The van der Waals surface area contributed by atoms with Crippen LogP contribution < -0.4 is 0 Å². The molecule has 1 aromatic heterocycles. The van der Waals surface area contributed by atoms with Crippen LogP contribution >= 0.6 is 0 Å². The van der Waals surface area contributed by atoms with Gasteiger partial charge in [-0.1, -0.05) is 26.0 Å². The van der Waals surface area contributed by atoms with Crippen LogP contribution in [0.3, 0.4) is 0 Å². The number of H-pyrrole nitrogens is 1. The van der Waals surface area contributed by atoms with Crippen molar-refractivity contribution < 1.29 is 0 Å². The van der Waals surface area contributed by atoms with Gasteiger partial charge in [-0.25, -0.2) is 0 Å². The highest BCUT2D eigenvalue weighted by molar-refractivity contribution is 5.86. The minimum atomic E-state index is 0.596. The molecule has 1 nitrogen and oxygen atoms in total. The highest BCUT2D eigenvalue weighted by atomic mass is 14.7. The largest absolute Gasteiger partial charge is 0.361 e. The van der Waals surface area contributed by atoms with Crippen LogP contribution in [0.4, 0.5) is 0 Å². The smallest absolute Gasteiger partial charge is 0.0459 e. The number of hydrogen-bond acceptors (Lipinski definition) is 0. The molecule has 0 spiro atoms. The fraction of sp³-hybridized carbons (Fsp3) is 0.333. The highest BCUT2D eigenvalue weighted by Gasteiger charge is 2.07. The standard InChI is InChI=1S/C12H15N/c1-8(2)10-5-4-6-11-12(10)9(3)7-13-11/h4-8,13H,1-3H3. The molecule has 0 atom stereocenters. The van der Waals surface area contributed by atoms with E-state index in [1.54, 1.807) is 0 Å². The first kappa shape index (κ1) is 8.36. The fourth-order valence-corrected chi connectivity index (χ4v) is 1.87. The lowest BCUT2D eigenvalue weighted by Gasteiger charge is -2.07. The molecular weight excluding hydrogens is 158 g/mol. The van der Waals surface area contributed by atoms with Gasteiger partial charge in [0.25, 0.3) is 0 Å². The molecule has 13 heavy (non-hydrogen) atoms. The average molecular weight is 173 g/mol. The van der Waals surface area contributed by atoms with Gasteiger partial charge in [-0.05, 0) is 30.0 Å². The monoisotopic (exact) mass is 173 g/mol. The molecule has 2 aromatic rings. The Bertz CT molecular complexity index is 424. The van der Waals surface area contributed by atoms with Gasteiger partial charge in [-0.2, -0.15) is 0 Å². The number of aromatic amines is 1. The lowest BCUT2D eigenvalue weighted by molar-refractivity contribution is 0.876. The Morgan fingerprint density at radius 2 is 2.00 bits per heavy atom. The average Bonchev–Trinajstić information content (AvgIpc) is 2.48. The summed E-state index contributed by atoms with van der Waals surface area (Å²) in [6.07, 6.45) is 2.08. The van der Waals surface area contributed by atoms with Crippen LogP contribution in [0, 0.1) is 6.92 Å². The second-order valence-electron chi connectivity index (χ2n) is 3.90. The van der Waals surface area contributed by atoms with Gasteiger partial charge in [0.05, 0.1) is 0 Å². The van der Waals surface area contributed by atoms with E-state index >= 15 is 0 Å². The van der Waals surface area contributed by atoms with E-state index in [1.807, 2.05) is 0 Å². The predicted molar refractivity (Wildman–Crippen MR) is 57.1 cm³/mol. The predicted octanol–water partition coefficient (Wildman–Crippen LogP) is 3.60. The third kappa shape index (κ3) is 1.24. The lowest BCUT2D eigenvalue weighted by atomic mass is 9.97. The number of nitrogens with one attached hydrogen (secondary N) is 1. The Labute approximate surface area is 78.8 Å². The maximum atomic E-state index is 3.28. The molecular formula is C12H15N. The highest BCUT2D eigenvalue weighted by Crippen LogP contribution is 2.27. The number of hydrogen-bond donors (Lipinski definition) is 1. The van der Waals surface area contributed by atoms with E-state index in [-0.39, 0.29) is 0 Å². The minimum absolute atomic E-state index is 0.596. The van der Waals surface area contributed by atoms with Gasteiger partial charge in [0.1, 0.15) is 0 Å². The summed E-state index contributed by atoms with van der Waals surface area (Å²) < 4.78 is 0. The number of rotatable bonds is 1. The molecule has 0 aliphatic heterocycles. The zero-order chi connectivity index (χ0) is 9.42. The Kier molecular flexibility index (Phi) is 1.87. The minimum Gasteiger partial charge on any atom is -0.361 e. The number of fused-ring (bicyclic) bond motifs is 1. The molecule has 0 bridgehead atoms. The van der Waals surface area contributed by atoms with Crippen molar-refractivity contribution in [2.24, 2.45) is 0 Å². The van der Waals surface area contributed by atoms with E-state index in [0.29, 0.717) is 5.92 Å². The van der Waals surface area contributed by atoms with Crippen LogP contribution in [0.25, 0.3) is 10.9 Å². The topological polar surface area (TPSA) is 15.8 Å². The van der Waals surface area contributed by atoms with Crippen molar-refractivity contribution in [2.75, 3.05) is 0 Å². The second-order valence-corrected chi connectivity index (χ2v) is 3.90. The van der Waals surface area contributed by atoms with E-state index in [4.69, 9.17) is 0 Å². The molecule has 1 heterocycles. The molecule has 2 rings (SSSR count). The lowest BCUT2D eigenvalue weighted by Crippen LogP contribution is -1.88. The molecule has 0 radical (unpaired) electrons. The SMILES string of the molecule is Cc1c[nH]c2cccc(C(C)C)c12. The summed E-state index contributed by atoms with van der Waals surface area (Å²) in [5.41, 5.74) is 4.04. The van der Waals surface area contributed by atoms with Crippen molar-refractivity contribution in [3.8, 4) is 0 Å².